The summed E-state index contributed by atoms with van der Waals surface area (Å²) in [5.74, 6) is 0. The lowest BCUT2D eigenvalue weighted by Gasteiger charge is -2.00. The Bertz CT molecular complexity index is 281. The highest BCUT2D eigenvalue weighted by Crippen LogP contribution is 2.10. The molecular formula is C16H30Cl2N2. The van der Waals surface area contributed by atoms with E-state index in [1.807, 2.05) is 29.2 Å². The fraction of sp³-hybridized carbons (Fsp3) is 0.750. The maximum atomic E-state index is 4.27. The molecule has 4 heteroatoms. The van der Waals surface area contributed by atoms with Crippen molar-refractivity contribution in [1.29, 1.82) is 0 Å². The minimum Gasteiger partial charge on any atom is -1.00 e. The first-order valence-electron chi connectivity index (χ1n) is 7.74. The highest BCUT2D eigenvalue weighted by Gasteiger charge is 1.99. The molecule has 1 aromatic heterocycles. The molecule has 0 spiro atoms. The van der Waals surface area contributed by atoms with Gasteiger partial charge in [-0.1, -0.05) is 63.0 Å². The predicted molar refractivity (Wildman–Crippen MR) is 83.5 cm³/mol. The van der Waals surface area contributed by atoms with Crippen molar-refractivity contribution in [3.63, 3.8) is 0 Å². The van der Waals surface area contributed by atoms with Gasteiger partial charge in [0.25, 0.3) is 0 Å². The molecule has 0 aromatic carbocycles. The second-order valence-electron chi connectivity index (χ2n) is 5.14. The highest BCUT2D eigenvalue weighted by molar-refractivity contribution is 5.85. The SMILES string of the molecule is CCCCCCCCCCCC[n+]1ccccn1.Cl.[Cl-]. The Morgan fingerprint density at radius 1 is 0.800 bits per heavy atom. The van der Waals surface area contributed by atoms with Gasteiger partial charge in [0.05, 0.1) is 6.20 Å². The average Bonchev–Trinajstić information content (AvgIpc) is 2.42. The van der Waals surface area contributed by atoms with Crippen LogP contribution >= 0.6 is 12.4 Å². The van der Waals surface area contributed by atoms with Crippen LogP contribution in [0.15, 0.2) is 24.5 Å². The third kappa shape index (κ3) is 12.7. The fourth-order valence-electron chi connectivity index (χ4n) is 2.25. The minimum absolute atomic E-state index is 0. The van der Waals surface area contributed by atoms with Gasteiger partial charge >= 0.3 is 0 Å². The van der Waals surface area contributed by atoms with E-state index in [0.29, 0.717) is 0 Å². The number of nitrogens with zero attached hydrogens (tertiary/aromatic N) is 2. The van der Waals surface area contributed by atoms with Crippen LogP contribution < -0.4 is 17.1 Å². The summed E-state index contributed by atoms with van der Waals surface area (Å²) in [7, 11) is 0. The van der Waals surface area contributed by atoms with E-state index in [1.165, 1.54) is 64.2 Å². The maximum absolute atomic E-state index is 4.27. The van der Waals surface area contributed by atoms with Crippen LogP contribution in [-0.2, 0) is 6.54 Å². The van der Waals surface area contributed by atoms with E-state index in [9.17, 15) is 0 Å². The van der Waals surface area contributed by atoms with E-state index in [1.54, 1.807) is 0 Å². The first kappa shape index (κ1) is 21.9. The number of halogens is 2. The molecule has 0 bridgehead atoms. The molecule has 1 heterocycles. The van der Waals surface area contributed by atoms with Gasteiger partial charge in [0.15, 0.2) is 12.7 Å². The van der Waals surface area contributed by atoms with Crippen LogP contribution in [0.4, 0.5) is 0 Å². The van der Waals surface area contributed by atoms with Gasteiger partial charge < -0.3 is 12.4 Å². The lowest BCUT2D eigenvalue weighted by molar-refractivity contribution is -0.754. The third-order valence-electron chi connectivity index (χ3n) is 3.41. The Kier molecular flexibility index (Phi) is 18.3. The standard InChI is InChI=1S/C16H29N2.2ClH/c1-2-3-4-5-6-7-8-9-10-12-15-18-16-13-11-14-17-18;;/h11,13-14,16H,2-10,12,15H2,1H3;2*1H/q+1;;/p-1. The molecule has 1 rings (SSSR count). The molecular weight excluding hydrogens is 291 g/mol. The van der Waals surface area contributed by atoms with E-state index in [2.05, 4.69) is 12.0 Å². The van der Waals surface area contributed by atoms with Crippen LogP contribution in [0, 0.1) is 0 Å². The summed E-state index contributed by atoms with van der Waals surface area (Å²) >= 11 is 0. The van der Waals surface area contributed by atoms with Crippen molar-refractivity contribution in [3.8, 4) is 0 Å². The van der Waals surface area contributed by atoms with Crippen LogP contribution in [-0.4, -0.2) is 5.10 Å². The molecule has 0 atom stereocenters. The van der Waals surface area contributed by atoms with Crippen molar-refractivity contribution in [1.82, 2.24) is 5.10 Å². The van der Waals surface area contributed by atoms with Crippen molar-refractivity contribution in [2.75, 3.05) is 0 Å². The molecule has 0 aliphatic rings. The van der Waals surface area contributed by atoms with E-state index in [0.717, 1.165) is 6.54 Å². The van der Waals surface area contributed by atoms with Crippen molar-refractivity contribution in [3.05, 3.63) is 24.5 Å². The van der Waals surface area contributed by atoms with Crippen molar-refractivity contribution >= 4 is 12.4 Å². The quantitative estimate of drug-likeness (QED) is 0.448. The second-order valence-corrected chi connectivity index (χ2v) is 5.14. The molecule has 1 aromatic rings. The molecule has 118 valence electrons. The van der Waals surface area contributed by atoms with Crippen molar-refractivity contribution in [2.24, 2.45) is 0 Å². The molecule has 0 radical (unpaired) electrons. The molecule has 0 fully saturated rings. The largest absolute Gasteiger partial charge is 1.00 e. The average molecular weight is 321 g/mol. The third-order valence-corrected chi connectivity index (χ3v) is 3.41. The predicted octanol–water partition coefficient (Wildman–Crippen LogP) is 1.72. The number of rotatable bonds is 11. The van der Waals surface area contributed by atoms with Crippen LogP contribution in [0.3, 0.4) is 0 Å². The summed E-state index contributed by atoms with van der Waals surface area (Å²) in [4.78, 5) is 0. The number of unbranched alkanes of at least 4 members (excludes halogenated alkanes) is 9. The van der Waals surface area contributed by atoms with Crippen LogP contribution in [0.1, 0.15) is 71.1 Å². The summed E-state index contributed by atoms with van der Waals surface area (Å²) < 4.78 is 2.03. The summed E-state index contributed by atoms with van der Waals surface area (Å²) in [6, 6.07) is 4.01. The van der Waals surface area contributed by atoms with Gasteiger partial charge in [-0.2, -0.15) is 0 Å². The van der Waals surface area contributed by atoms with Gasteiger partial charge in [-0.05, 0) is 17.6 Å². The van der Waals surface area contributed by atoms with E-state index < -0.39 is 0 Å². The highest BCUT2D eigenvalue weighted by atomic mass is 35.5. The summed E-state index contributed by atoms with van der Waals surface area (Å²) in [5, 5.41) is 4.27. The lowest BCUT2D eigenvalue weighted by Crippen LogP contribution is -3.00. The van der Waals surface area contributed by atoms with Gasteiger partial charge in [0, 0.05) is 12.5 Å². The summed E-state index contributed by atoms with van der Waals surface area (Å²) in [5.41, 5.74) is 0. The van der Waals surface area contributed by atoms with Gasteiger partial charge in [0.2, 0.25) is 0 Å². The Morgan fingerprint density at radius 2 is 1.35 bits per heavy atom. The van der Waals surface area contributed by atoms with E-state index in [4.69, 9.17) is 0 Å². The van der Waals surface area contributed by atoms with Crippen LogP contribution in [0.5, 0.6) is 0 Å². The smallest absolute Gasteiger partial charge is 0.196 e. The summed E-state index contributed by atoms with van der Waals surface area (Å²) in [6.45, 7) is 3.34. The number of aryl methyl sites for hydroxylation is 1. The van der Waals surface area contributed by atoms with Gasteiger partial charge in [-0.25, -0.2) is 0 Å². The Labute approximate surface area is 137 Å². The van der Waals surface area contributed by atoms with Crippen LogP contribution in [0.2, 0.25) is 0 Å². The summed E-state index contributed by atoms with van der Waals surface area (Å²) in [6.07, 6.45) is 17.8. The lowest BCUT2D eigenvalue weighted by atomic mass is 10.1. The van der Waals surface area contributed by atoms with Gasteiger partial charge in [0.1, 0.15) is 0 Å². The number of hydrogen-bond acceptors (Lipinski definition) is 1. The zero-order chi connectivity index (χ0) is 12.9. The molecule has 0 saturated heterocycles. The molecule has 20 heavy (non-hydrogen) atoms. The number of aromatic nitrogens is 2. The minimum atomic E-state index is 0. The van der Waals surface area contributed by atoms with Gasteiger partial charge in [-0.15, -0.1) is 12.4 Å². The van der Waals surface area contributed by atoms with Crippen molar-refractivity contribution in [2.45, 2.75) is 77.7 Å². The van der Waals surface area contributed by atoms with E-state index in [-0.39, 0.29) is 24.8 Å². The Morgan fingerprint density at radius 3 is 1.85 bits per heavy atom. The second kappa shape index (κ2) is 16.7. The zero-order valence-electron chi connectivity index (χ0n) is 12.8. The molecule has 0 aliphatic carbocycles. The molecule has 0 unspecified atom stereocenters. The van der Waals surface area contributed by atoms with E-state index >= 15 is 0 Å². The van der Waals surface area contributed by atoms with Crippen LogP contribution in [0.25, 0.3) is 0 Å². The molecule has 0 amide bonds. The topological polar surface area (TPSA) is 16.8 Å². The monoisotopic (exact) mass is 320 g/mol. The number of hydrogen-bond donors (Lipinski definition) is 0. The van der Waals surface area contributed by atoms with Gasteiger partial charge in [-0.3, -0.25) is 0 Å². The fourth-order valence-corrected chi connectivity index (χ4v) is 2.25. The zero-order valence-corrected chi connectivity index (χ0v) is 14.3. The maximum Gasteiger partial charge on any atom is 0.196 e. The Balaban J connectivity index is 0. The molecule has 0 N–H and O–H groups in total. The molecule has 2 nitrogen and oxygen atoms in total. The molecule has 0 aliphatic heterocycles. The first-order chi connectivity index (χ1) is 8.93. The Hall–Kier alpha value is -0.340. The normalized spacial score (nSPS) is 9.65. The molecule has 0 saturated carbocycles. The van der Waals surface area contributed by atoms with Crippen molar-refractivity contribution < 1.29 is 17.1 Å². The first-order valence-corrected chi connectivity index (χ1v) is 7.74.